The summed E-state index contributed by atoms with van der Waals surface area (Å²) in [5.74, 6) is 0.136. The molecule has 0 bridgehead atoms. The number of aromatic nitrogens is 2. The molecule has 1 heterocycles. The summed E-state index contributed by atoms with van der Waals surface area (Å²) in [5, 5.41) is 16.5. The van der Waals surface area contributed by atoms with E-state index < -0.39 is 11.6 Å². The van der Waals surface area contributed by atoms with E-state index in [0.717, 1.165) is 25.7 Å². The summed E-state index contributed by atoms with van der Waals surface area (Å²) in [6.45, 7) is 7.54. The number of primary amides is 1. The van der Waals surface area contributed by atoms with Crippen LogP contribution < -0.4 is 16.4 Å². The van der Waals surface area contributed by atoms with Crippen LogP contribution in [-0.2, 0) is 0 Å². The number of hydrogen-bond acceptors (Lipinski definition) is 6. The second kappa shape index (κ2) is 9.69. The smallest absolute Gasteiger partial charge is 0.254 e. The van der Waals surface area contributed by atoms with E-state index in [2.05, 4.69) is 20.6 Å². The van der Waals surface area contributed by atoms with Gasteiger partial charge >= 0.3 is 0 Å². The quantitative estimate of drug-likeness (QED) is 0.468. The predicted molar refractivity (Wildman–Crippen MR) is 114 cm³/mol. The molecular formula is C21H36FN5O2. The number of alkyl halides is 1. The average Bonchev–Trinajstić information content (AvgIpc) is 2.66. The van der Waals surface area contributed by atoms with Crippen LogP contribution in [0.15, 0.2) is 6.20 Å². The number of aliphatic hydroxyl groups excluding tert-OH is 1. The largest absolute Gasteiger partial charge is 0.393 e. The van der Waals surface area contributed by atoms with Crippen molar-refractivity contribution in [3.63, 3.8) is 0 Å². The number of halogens is 1. The van der Waals surface area contributed by atoms with Gasteiger partial charge in [-0.3, -0.25) is 4.79 Å². The van der Waals surface area contributed by atoms with E-state index in [0.29, 0.717) is 37.4 Å². The first-order chi connectivity index (χ1) is 13.6. The van der Waals surface area contributed by atoms with Gasteiger partial charge in [-0.05, 0) is 65.2 Å². The lowest BCUT2D eigenvalue weighted by molar-refractivity contribution is 0.1000. The van der Waals surface area contributed by atoms with Crippen molar-refractivity contribution in [2.24, 2.45) is 5.73 Å². The maximum Gasteiger partial charge on any atom is 0.254 e. The lowest BCUT2D eigenvalue weighted by atomic mass is 9.87. The van der Waals surface area contributed by atoms with Crippen LogP contribution in [-0.4, -0.2) is 44.3 Å². The number of carbonyl (C=O) groups excluding carboxylic acids is 1. The van der Waals surface area contributed by atoms with Gasteiger partial charge in [0.25, 0.3) is 5.91 Å². The van der Waals surface area contributed by atoms with Crippen molar-refractivity contribution in [2.75, 3.05) is 10.6 Å². The normalized spacial score (nSPS) is 23.7. The first-order valence-electron chi connectivity index (χ1n) is 10.7. The minimum atomic E-state index is -1.21. The molecular weight excluding hydrogens is 373 g/mol. The van der Waals surface area contributed by atoms with E-state index in [4.69, 9.17) is 5.73 Å². The zero-order valence-corrected chi connectivity index (χ0v) is 18.1. The second-order valence-corrected chi connectivity index (χ2v) is 8.79. The molecule has 0 aliphatic heterocycles. The maximum atomic E-state index is 14.4. The Labute approximate surface area is 173 Å². The van der Waals surface area contributed by atoms with Gasteiger partial charge in [0.15, 0.2) is 0 Å². The highest BCUT2D eigenvalue weighted by Gasteiger charge is 2.29. The Bertz CT molecular complexity index is 700. The number of anilines is 2. The van der Waals surface area contributed by atoms with E-state index in [1.807, 2.05) is 20.8 Å². The molecule has 5 N–H and O–H groups in total. The van der Waals surface area contributed by atoms with Gasteiger partial charge in [0.1, 0.15) is 11.5 Å². The first-order valence-corrected chi connectivity index (χ1v) is 10.7. The third kappa shape index (κ3) is 6.80. The van der Waals surface area contributed by atoms with Gasteiger partial charge in [0.05, 0.1) is 11.7 Å². The van der Waals surface area contributed by atoms with Crippen LogP contribution in [0, 0.1) is 0 Å². The van der Waals surface area contributed by atoms with Gasteiger partial charge in [0, 0.05) is 17.8 Å². The SMILES string of the molecule is CCC(C)(F)CCC(C)(CC)Nc1ncc(C(N)=O)c(N[C@@H]2CCC[C@H](O)C2)n1. The average molecular weight is 410 g/mol. The van der Waals surface area contributed by atoms with Crippen molar-refractivity contribution in [2.45, 2.75) is 102 Å². The molecule has 1 aliphatic rings. The molecule has 29 heavy (non-hydrogen) atoms. The summed E-state index contributed by atoms with van der Waals surface area (Å²) in [4.78, 5) is 20.6. The van der Waals surface area contributed by atoms with Gasteiger partial charge in [-0.15, -0.1) is 0 Å². The molecule has 0 aromatic carbocycles. The van der Waals surface area contributed by atoms with Crippen molar-refractivity contribution >= 4 is 17.7 Å². The Hall–Kier alpha value is -1.96. The van der Waals surface area contributed by atoms with Crippen molar-refractivity contribution in [1.82, 2.24) is 9.97 Å². The highest BCUT2D eigenvalue weighted by atomic mass is 19.1. The minimum Gasteiger partial charge on any atom is -0.393 e. The van der Waals surface area contributed by atoms with E-state index in [-0.39, 0.29) is 23.2 Å². The van der Waals surface area contributed by atoms with Crippen LogP contribution in [0.25, 0.3) is 0 Å². The molecule has 164 valence electrons. The Kier molecular flexibility index (Phi) is 7.80. The number of amides is 1. The van der Waals surface area contributed by atoms with E-state index in [1.165, 1.54) is 6.20 Å². The monoisotopic (exact) mass is 409 g/mol. The topological polar surface area (TPSA) is 113 Å². The fraction of sp³-hybridized carbons (Fsp3) is 0.762. The van der Waals surface area contributed by atoms with Crippen molar-refractivity contribution < 1.29 is 14.3 Å². The third-order valence-corrected chi connectivity index (χ3v) is 6.17. The number of aliphatic hydroxyl groups is 1. The standard InChI is InChI=1S/C21H36FN5O2/c1-5-20(3,22)10-11-21(4,6-2)27-19-24-13-16(17(23)29)18(26-19)25-14-8-7-9-15(28)12-14/h13-15,28H,5-12H2,1-4H3,(H2,23,29)(H2,24,25,26,27)/t14-,15+,20?,21?/m1/s1. The second-order valence-electron chi connectivity index (χ2n) is 8.79. The molecule has 4 atom stereocenters. The minimum absolute atomic E-state index is 0.0222. The summed E-state index contributed by atoms with van der Waals surface area (Å²) in [6, 6.07) is 0.0222. The Morgan fingerprint density at radius 2 is 2.03 bits per heavy atom. The van der Waals surface area contributed by atoms with Crippen molar-refractivity contribution in [3.8, 4) is 0 Å². The third-order valence-electron chi connectivity index (χ3n) is 6.17. The van der Waals surface area contributed by atoms with Crippen LogP contribution in [0.2, 0.25) is 0 Å². The lowest BCUT2D eigenvalue weighted by Gasteiger charge is -2.32. The maximum absolute atomic E-state index is 14.4. The molecule has 0 saturated heterocycles. The molecule has 0 spiro atoms. The van der Waals surface area contributed by atoms with Gasteiger partial charge in [-0.2, -0.15) is 4.98 Å². The van der Waals surface area contributed by atoms with E-state index >= 15 is 0 Å². The van der Waals surface area contributed by atoms with Crippen LogP contribution in [0.1, 0.15) is 89.4 Å². The predicted octanol–water partition coefficient (Wildman–Crippen LogP) is 3.79. The van der Waals surface area contributed by atoms with Crippen LogP contribution >= 0.6 is 0 Å². The van der Waals surface area contributed by atoms with Crippen LogP contribution in [0.3, 0.4) is 0 Å². The molecule has 2 unspecified atom stereocenters. The van der Waals surface area contributed by atoms with E-state index in [1.54, 1.807) is 6.92 Å². The summed E-state index contributed by atoms with van der Waals surface area (Å²) in [6.07, 6.45) is 6.56. The molecule has 0 radical (unpaired) electrons. The highest BCUT2D eigenvalue weighted by Crippen LogP contribution is 2.30. The molecule has 1 aromatic heterocycles. The van der Waals surface area contributed by atoms with Gasteiger partial charge in [0.2, 0.25) is 5.95 Å². The summed E-state index contributed by atoms with van der Waals surface area (Å²) in [7, 11) is 0. The molecule has 1 aliphatic carbocycles. The first kappa shape index (κ1) is 23.3. The fourth-order valence-corrected chi connectivity index (χ4v) is 3.53. The van der Waals surface area contributed by atoms with Gasteiger partial charge < -0.3 is 21.5 Å². The summed E-state index contributed by atoms with van der Waals surface area (Å²) in [5.41, 5.74) is 4.12. The Morgan fingerprint density at radius 3 is 2.62 bits per heavy atom. The molecule has 8 heteroatoms. The number of rotatable bonds is 10. The van der Waals surface area contributed by atoms with Gasteiger partial charge in [-0.1, -0.05) is 13.8 Å². The van der Waals surface area contributed by atoms with Crippen molar-refractivity contribution in [3.05, 3.63) is 11.8 Å². The summed E-state index contributed by atoms with van der Waals surface area (Å²) < 4.78 is 14.4. The lowest BCUT2D eigenvalue weighted by Crippen LogP contribution is -2.37. The highest BCUT2D eigenvalue weighted by molar-refractivity contribution is 5.97. The molecule has 1 aromatic rings. The molecule has 7 nitrogen and oxygen atoms in total. The number of nitrogens with one attached hydrogen (secondary N) is 2. The van der Waals surface area contributed by atoms with Gasteiger partial charge in [-0.25, -0.2) is 9.37 Å². The zero-order chi connectivity index (χ0) is 21.7. The Morgan fingerprint density at radius 1 is 1.31 bits per heavy atom. The number of nitrogens with two attached hydrogens (primary N) is 1. The zero-order valence-electron chi connectivity index (χ0n) is 18.1. The van der Waals surface area contributed by atoms with Crippen molar-refractivity contribution in [1.29, 1.82) is 0 Å². The molecule has 1 amide bonds. The molecule has 2 rings (SSSR count). The summed E-state index contributed by atoms with van der Waals surface area (Å²) >= 11 is 0. The van der Waals surface area contributed by atoms with Crippen LogP contribution in [0.4, 0.5) is 16.2 Å². The Balaban J connectivity index is 2.18. The number of hydrogen-bond donors (Lipinski definition) is 4. The van der Waals surface area contributed by atoms with Crippen LogP contribution in [0.5, 0.6) is 0 Å². The fourth-order valence-electron chi connectivity index (χ4n) is 3.53. The molecule has 1 fully saturated rings. The van der Waals surface area contributed by atoms with E-state index in [9.17, 15) is 14.3 Å². The number of nitrogens with zero attached hydrogens (tertiary/aromatic N) is 2. The molecule has 1 saturated carbocycles. The number of carbonyl (C=O) groups is 1.